The van der Waals surface area contributed by atoms with Crippen molar-refractivity contribution in [3.8, 4) is 5.69 Å². The van der Waals surface area contributed by atoms with Crippen molar-refractivity contribution in [2.24, 2.45) is 0 Å². The van der Waals surface area contributed by atoms with Crippen molar-refractivity contribution >= 4 is 22.7 Å². The molecule has 0 radical (unpaired) electrons. The van der Waals surface area contributed by atoms with Gasteiger partial charge in [0.25, 0.3) is 0 Å². The van der Waals surface area contributed by atoms with Crippen LogP contribution in [0.4, 0.5) is 5.69 Å². The first-order valence-corrected chi connectivity index (χ1v) is 8.38. The van der Waals surface area contributed by atoms with Crippen LogP contribution in [0, 0.1) is 0 Å². The Kier molecular flexibility index (Phi) is 4.11. The normalized spacial score (nSPS) is 14.7. The number of aromatic nitrogens is 2. The van der Waals surface area contributed by atoms with Crippen LogP contribution in [0.2, 0.25) is 0 Å². The summed E-state index contributed by atoms with van der Waals surface area (Å²) in [5.41, 5.74) is 4.52. The molecular weight excluding hydrogens is 316 g/mol. The Morgan fingerprint density at radius 3 is 2.72 bits per heavy atom. The topological polar surface area (TPSA) is 59.4 Å². The number of rotatable bonds is 3. The molecule has 6 heteroatoms. The summed E-state index contributed by atoms with van der Waals surface area (Å²) in [5, 5.41) is 3.38. The van der Waals surface area contributed by atoms with Gasteiger partial charge in [-0.2, -0.15) is 0 Å². The second-order valence-corrected chi connectivity index (χ2v) is 6.07. The molecule has 1 aromatic heterocycles. The van der Waals surface area contributed by atoms with Gasteiger partial charge in [0.2, 0.25) is 0 Å². The molecule has 2 aromatic carbocycles. The maximum Gasteiger partial charge on any atom is 0.337 e. The molecular formula is C19H20N4O2. The Bertz CT molecular complexity index is 913. The van der Waals surface area contributed by atoms with Gasteiger partial charge >= 0.3 is 5.97 Å². The highest BCUT2D eigenvalue weighted by Gasteiger charge is 2.13. The number of methoxy groups -OCH3 is 1. The minimum Gasteiger partial charge on any atom is -0.465 e. The van der Waals surface area contributed by atoms with E-state index in [-0.39, 0.29) is 5.97 Å². The largest absolute Gasteiger partial charge is 0.465 e. The number of nitrogens with zero attached hydrogens (tertiary/aromatic N) is 3. The van der Waals surface area contributed by atoms with Crippen LogP contribution in [-0.2, 0) is 4.74 Å². The lowest BCUT2D eigenvalue weighted by atomic mass is 10.2. The van der Waals surface area contributed by atoms with E-state index in [1.54, 1.807) is 18.5 Å². The molecule has 2 heterocycles. The van der Waals surface area contributed by atoms with E-state index in [1.165, 1.54) is 12.8 Å². The van der Waals surface area contributed by atoms with Crippen molar-refractivity contribution < 1.29 is 9.53 Å². The fourth-order valence-corrected chi connectivity index (χ4v) is 3.23. The summed E-state index contributed by atoms with van der Waals surface area (Å²) in [4.78, 5) is 18.5. The molecule has 0 amide bonds. The summed E-state index contributed by atoms with van der Waals surface area (Å²) in [7, 11) is 1.38. The van der Waals surface area contributed by atoms with E-state index in [0.29, 0.717) is 5.56 Å². The number of hydrogen-bond acceptors (Lipinski definition) is 5. The summed E-state index contributed by atoms with van der Waals surface area (Å²) in [6, 6.07) is 13.9. The number of hydrogen-bond donors (Lipinski definition) is 1. The van der Waals surface area contributed by atoms with Gasteiger partial charge in [-0.05, 0) is 36.4 Å². The molecule has 25 heavy (non-hydrogen) atoms. The zero-order chi connectivity index (χ0) is 17.2. The Labute approximate surface area is 146 Å². The second kappa shape index (κ2) is 6.57. The minimum absolute atomic E-state index is 0.350. The molecule has 3 aromatic rings. The number of fused-ring (bicyclic) bond motifs is 1. The molecule has 1 N–H and O–H groups in total. The van der Waals surface area contributed by atoms with Gasteiger partial charge in [0.1, 0.15) is 6.33 Å². The average Bonchev–Trinajstić information content (AvgIpc) is 3.11. The SMILES string of the molecule is COC(=O)c1ccc2c(c1)ncn2-c1cccc(N2CCNCC2)c1. The number of nitrogens with one attached hydrogen (secondary N) is 1. The number of piperazine rings is 1. The van der Waals surface area contributed by atoms with E-state index >= 15 is 0 Å². The lowest BCUT2D eigenvalue weighted by Crippen LogP contribution is -2.43. The number of anilines is 1. The molecule has 1 aliphatic rings. The van der Waals surface area contributed by atoms with Crippen LogP contribution in [0.5, 0.6) is 0 Å². The molecule has 128 valence electrons. The molecule has 6 nitrogen and oxygen atoms in total. The maximum atomic E-state index is 11.7. The zero-order valence-corrected chi connectivity index (χ0v) is 14.1. The summed E-state index contributed by atoms with van der Waals surface area (Å²) < 4.78 is 6.82. The smallest absolute Gasteiger partial charge is 0.337 e. The molecule has 1 fully saturated rings. The Hall–Kier alpha value is -2.86. The van der Waals surface area contributed by atoms with Gasteiger partial charge in [0, 0.05) is 37.6 Å². The molecule has 0 bridgehead atoms. The number of esters is 1. The summed E-state index contributed by atoms with van der Waals surface area (Å²) in [6.07, 6.45) is 1.79. The number of ether oxygens (including phenoxy) is 1. The number of benzene rings is 2. The van der Waals surface area contributed by atoms with Gasteiger partial charge in [0.05, 0.1) is 23.7 Å². The van der Waals surface area contributed by atoms with E-state index in [0.717, 1.165) is 42.9 Å². The first kappa shape index (κ1) is 15.7. The zero-order valence-electron chi connectivity index (χ0n) is 14.1. The molecule has 0 spiro atoms. The highest BCUT2D eigenvalue weighted by atomic mass is 16.5. The highest BCUT2D eigenvalue weighted by molar-refractivity contribution is 5.93. The van der Waals surface area contributed by atoms with Crippen molar-refractivity contribution in [2.45, 2.75) is 0 Å². The average molecular weight is 336 g/mol. The minimum atomic E-state index is -0.350. The van der Waals surface area contributed by atoms with Gasteiger partial charge in [-0.25, -0.2) is 9.78 Å². The molecule has 0 aliphatic carbocycles. The van der Waals surface area contributed by atoms with Gasteiger partial charge in [-0.1, -0.05) is 6.07 Å². The predicted molar refractivity (Wildman–Crippen MR) is 97.5 cm³/mol. The molecule has 0 atom stereocenters. The second-order valence-electron chi connectivity index (χ2n) is 6.07. The van der Waals surface area contributed by atoms with Crippen LogP contribution < -0.4 is 10.2 Å². The standard InChI is InChI=1S/C19H20N4O2/c1-25-19(24)14-5-6-18-17(11-14)21-13-23(18)16-4-2-3-15(12-16)22-9-7-20-8-10-22/h2-6,11-13,20H,7-10H2,1H3. The first-order chi connectivity index (χ1) is 12.3. The van der Waals surface area contributed by atoms with Crippen LogP contribution in [0.3, 0.4) is 0 Å². The Morgan fingerprint density at radius 2 is 1.92 bits per heavy atom. The summed E-state index contributed by atoms with van der Waals surface area (Å²) in [6.45, 7) is 4.04. The quantitative estimate of drug-likeness (QED) is 0.743. The third-order valence-electron chi connectivity index (χ3n) is 4.56. The van der Waals surface area contributed by atoms with Gasteiger partial charge < -0.3 is 15.0 Å². The van der Waals surface area contributed by atoms with Crippen LogP contribution in [0.25, 0.3) is 16.7 Å². The van der Waals surface area contributed by atoms with Crippen LogP contribution in [-0.4, -0.2) is 48.8 Å². The van der Waals surface area contributed by atoms with E-state index in [1.807, 2.05) is 10.6 Å². The van der Waals surface area contributed by atoms with Crippen molar-refractivity contribution in [1.82, 2.24) is 14.9 Å². The van der Waals surface area contributed by atoms with E-state index < -0.39 is 0 Å². The molecule has 0 saturated carbocycles. The number of imidazole rings is 1. The molecule has 1 aliphatic heterocycles. The molecule has 4 rings (SSSR count). The Morgan fingerprint density at radius 1 is 1.12 bits per heavy atom. The fourth-order valence-electron chi connectivity index (χ4n) is 3.23. The van der Waals surface area contributed by atoms with Crippen LogP contribution in [0.15, 0.2) is 48.8 Å². The van der Waals surface area contributed by atoms with Crippen molar-refractivity contribution in [2.75, 3.05) is 38.2 Å². The third-order valence-corrected chi connectivity index (χ3v) is 4.56. The number of carbonyl (C=O) groups excluding carboxylic acids is 1. The highest BCUT2D eigenvalue weighted by Crippen LogP contribution is 2.23. The molecule has 1 saturated heterocycles. The third kappa shape index (κ3) is 2.96. The monoisotopic (exact) mass is 336 g/mol. The lowest BCUT2D eigenvalue weighted by Gasteiger charge is -2.29. The summed E-state index contributed by atoms with van der Waals surface area (Å²) >= 11 is 0. The van der Waals surface area contributed by atoms with Gasteiger partial charge in [-0.15, -0.1) is 0 Å². The maximum absolute atomic E-state index is 11.7. The lowest BCUT2D eigenvalue weighted by molar-refractivity contribution is 0.0601. The van der Waals surface area contributed by atoms with Crippen LogP contribution >= 0.6 is 0 Å². The number of carbonyl (C=O) groups is 1. The van der Waals surface area contributed by atoms with Crippen molar-refractivity contribution in [1.29, 1.82) is 0 Å². The van der Waals surface area contributed by atoms with Gasteiger partial charge in [-0.3, -0.25) is 4.57 Å². The Balaban J connectivity index is 1.71. The first-order valence-electron chi connectivity index (χ1n) is 8.38. The van der Waals surface area contributed by atoms with E-state index in [4.69, 9.17) is 4.74 Å². The van der Waals surface area contributed by atoms with Gasteiger partial charge in [0.15, 0.2) is 0 Å². The van der Waals surface area contributed by atoms with Crippen molar-refractivity contribution in [3.05, 3.63) is 54.4 Å². The molecule has 0 unspecified atom stereocenters. The fraction of sp³-hybridized carbons (Fsp3) is 0.263. The predicted octanol–water partition coefficient (Wildman–Crippen LogP) is 2.22. The summed E-state index contributed by atoms with van der Waals surface area (Å²) in [5.74, 6) is -0.350. The van der Waals surface area contributed by atoms with E-state index in [2.05, 4.69) is 39.5 Å². The van der Waals surface area contributed by atoms with E-state index in [9.17, 15) is 4.79 Å². The van der Waals surface area contributed by atoms with Crippen molar-refractivity contribution in [3.63, 3.8) is 0 Å². The van der Waals surface area contributed by atoms with Crippen LogP contribution in [0.1, 0.15) is 10.4 Å².